The van der Waals surface area contributed by atoms with Gasteiger partial charge in [-0.2, -0.15) is 0 Å². The monoisotopic (exact) mass is 536 g/mol. The van der Waals surface area contributed by atoms with Crippen LogP contribution in [0.1, 0.15) is 51.5 Å². The average Bonchev–Trinajstić information content (AvgIpc) is 2.84. The van der Waals surface area contributed by atoms with E-state index in [-0.39, 0.29) is 30.9 Å². The van der Waals surface area contributed by atoms with E-state index in [0.29, 0.717) is 31.4 Å². The molecule has 0 aliphatic heterocycles. The number of carboxylic acid groups (broad SMARTS) is 1. The highest BCUT2D eigenvalue weighted by atomic mass is 16.4. The molecule has 0 saturated heterocycles. The van der Waals surface area contributed by atoms with Crippen LogP contribution in [0.15, 0.2) is 24.3 Å². The van der Waals surface area contributed by atoms with Crippen molar-refractivity contribution in [3.63, 3.8) is 0 Å². The third-order valence-electron chi connectivity index (χ3n) is 5.86. The number of aromatic hydroxyl groups is 1. The van der Waals surface area contributed by atoms with Crippen LogP contribution >= 0.6 is 0 Å². The third kappa shape index (κ3) is 11.6. The number of unbranched alkanes of at least 4 members (excludes halogenated alkanes) is 1. The van der Waals surface area contributed by atoms with Crippen LogP contribution in [0.2, 0.25) is 0 Å². The zero-order valence-corrected chi connectivity index (χ0v) is 21.8. The summed E-state index contributed by atoms with van der Waals surface area (Å²) < 4.78 is 0. The molecule has 0 bridgehead atoms. The molecule has 11 N–H and O–H groups in total. The SMILES string of the molecule is CC(C)C(NC(=O)C(N)CCCCN)C(=O)NC(Cc1ccc(O)cc1)C(=O)NC(CCC(N)=O)C(=O)O. The van der Waals surface area contributed by atoms with Crippen molar-refractivity contribution in [2.24, 2.45) is 23.1 Å². The minimum Gasteiger partial charge on any atom is -0.508 e. The summed E-state index contributed by atoms with van der Waals surface area (Å²) in [7, 11) is 0. The lowest BCUT2D eigenvalue weighted by molar-refractivity contribution is -0.142. The maximum atomic E-state index is 13.2. The largest absolute Gasteiger partial charge is 0.508 e. The number of rotatable bonds is 17. The van der Waals surface area contributed by atoms with Gasteiger partial charge in [-0.1, -0.05) is 32.4 Å². The van der Waals surface area contributed by atoms with E-state index in [1.165, 1.54) is 12.1 Å². The predicted molar refractivity (Wildman–Crippen MR) is 139 cm³/mol. The first-order chi connectivity index (χ1) is 17.8. The summed E-state index contributed by atoms with van der Waals surface area (Å²) in [6.45, 7) is 3.90. The second-order valence-corrected chi connectivity index (χ2v) is 9.46. The summed E-state index contributed by atoms with van der Waals surface area (Å²) in [5.74, 6) is -4.45. The molecular weight excluding hydrogens is 496 g/mol. The number of hydrogen-bond donors (Lipinski definition) is 8. The van der Waals surface area contributed by atoms with Gasteiger partial charge in [0.2, 0.25) is 23.6 Å². The van der Waals surface area contributed by atoms with E-state index in [4.69, 9.17) is 17.2 Å². The molecule has 4 atom stereocenters. The number of nitrogens with one attached hydrogen (secondary N) is 3. The molecule has 0 aliphatic rings. The van der Waals surface area contributed by atoms with Gasteiger partial charge in [0.25, 0.3) is 0 Å². The Kier molecular flexibility index (Phi) is 13.8. The molecule has 0 radical (unpaired) electrons. The van der Waals surface area contributed by atoms with Crippen LogP contribution in [0.4, 0.5) is 0 Å². The smallest absolute Gasteiger partial charge is 0.326 e. The number of primary amides is 1. The van der Waals surface area contributed by atoms with Crippen LogP contribution in [0.5, 0.6) is 5.75 Å². The van der Waals surface area contributed by atoms with Crippen molar-refractivity contribution < 1.29 is 34.2 Å². The van der Waals surface area contributed by atoms with Crippen molar-refractivity contribution in [3.8, 4) is 5.75 Å². The molecule has 0 fully saturated rings. The van der Waals surface area contributed by atoms with Crippen molar-refractivity contribution in [1.29, 1.82) is 0 Å². The molecule has 4 unspecified atom stereocenters. The van der Waals surface area contributed by atoms with E-state index in [1.807, 2.05) is 0 Å². The third-order valence-corrected chi connectivity index (χ3v) is 5.86. The van der Waals surface area contributed by atoms with E-state index >= 15 is 0 Å². The molecule has 13 heteroatoms. The molecule has 4 amide bonds. The number of benzene rings is 1. The first kappa shape index (κ1) is 32.3. The minimum atomic E-state index is -1.42. The number of aliphatic carboxylic acids is 1. The van der Waals surface area contributed by atoms with Crippen molar-refractivity contribution in [3.05, 3.63) is 29.8 Å². The molecule has 38 heavy (non-hydrogen) atoms. The maximum absolute atomic E-state index is 13.2. The number of carbonyl (C=O) groups is 5. The van der Waals surface area contributed by atoms with E-state index in [9.17, 15) is 34.2 Å². The number of phenols is 1. The average molecular weight is 537 g/mol. The molecule has 0 aromatic heterocycles. The predicted octanol–water partition coefficient (Wildman–Crippen LogP) is -1.15. The Bertz CT molecular complexity index is 954. The van der Waals surface area contributed by atoms with Gasteiger partial charge in [-0.15, -0.1) is 0 Å². The second kappa shape index (κ2) is 16.2. The summed E-state index contributed by atoms with van der Waals surface area (Å²) in [6.07, 6.45) is 1.21. The number of carbonyl (C=O) groups excluding carboxylic acids is 4. The van der Waals surface area contributed by atoms with Crippen LogP contribution in [0, 0.1) is 5.92 Å². The summed E-state index contributed by atoms with van der Waals surface area (Å²) in [6, 6.07) is 1.39. The van der Waals surface area contributed by atoms with Gasteiger partial charge in [0, 0.05) is 12.8 Å². The highest BCUT2D eigenvalue weighted by molar-refractivity contribution is 5.94. The Morgan fingerprint density at radius 2 is 1.47 bits per heavy atom. The highest BCUT2D eigenvalue weighted by Crippen LogP contribution is 2.13. The van der Waals surface area contributed by atoms with Gasteiger partial charge in [0.05, 0.1) is 6.04 Å². The Labute approximate surface area is 221 Å². The fourth-order valence-electron chi connectivity index (χ4n) is 3.59. The molecule has 13 nitrogen and oxygen atoms in total. The van der Waals surface area contributed by atoms with Crippen molar-refractivity contribution in [2.45, 2.75) is 76.5 Å². The first-order valence-corrected chi connectivity index (χ1v) is 12.5. The molecule has 0 saturated carbocycles. The lowest BCUT2D eigenvalue weighted by Crippen LogP contribution is -2.58. The van der Waals surface area contributed by atoms with Crippen molar-refractivity contribution in [2.75, 3.05) is 6.54 Å². The van der Waals surface area contributed by atoms with Gasteiger partial charge in [0.1, 0.15) is 23.9 Å². The van der Waals surface area contributed by atoms with E-state index in [1.54, 1.807) is 26.0 Å². The number of nitrogens with two attached hydrogens (primary N) is 3. The quantitative estimate of drug-likeness (QED) is 0.112. The molecular formula is C25H40N6O7. The van der Waals surface area contributed by atoms with Crippen LogP contribution in [0.25, 0.3) is 0 Å². The van der Waals surface area contributed by atoms with Crippen LogP contribution < -0.4 is 33.2 Å². The van der Waals surface area contributed by atoms with Crippen molar-refractivity contribution in [1.82, 2.24) is 16.0 Å². The van der Waals surface area contributed by atoms with Crippen LogP contribution in [-0.2, 0) is 30.4 Å². The summed E-state index contributed by atoms with van der Waals surface area (Å²) in [5.41, 5.74) is 17.1. The van der Waals surface area contributed by atoms with Gasteiger partial charge < -0.3 is 43.4 Å². The number of carboxylic acids is 1. The lowest BCUT2D eigenvalue weighted by atomic mass is 9.99. The normalized spacial score (nSPS) is 14.1. The molecule has 1 aromatic rings. The Balaban J connectivity index is 3.08. The van der Waals surface area contributed by atoms with E-state index < -0.39 is 53.8 Å². The molecule has 212 valence electrons. The van der Waals surface area contributed by atoms with Crippen LogP contribution in [0.3, 0.4) is 0 Å². The fraction of sp³-hybridized carbons (Fsp3) is 0.560. The lowest BCUT2D eigenvalue weighted by Gasteiger charge is -2.27. The Morgan fingerprint density at radius 1 is 0.868 bits per heavy atom. The number of hydrogen-bond acceptors (Lipinski definition) is 8. The van der Waals surface area contributed by atoms with Gasteiger partial charge in [-0.25, -0.2) is 4.79 Å². The highest BCUT2D eigenvalue weighted by Gasteiger charge is 2.32. The molecule has 0 spiro atoms. The van der Waals surface area contributed by atoms with Gasteiger partial charge in [0.15, 0.2) is 0 Å². The molecule has 0 aliphatic carbocycles. The maximum Gasteiger partial charge on any atom is 0.326 e. The van der Waals surface area contributed by atoms with E-state index in [2.05, 4.69) is 16.0 Å². The summed E-state index contributed by atoms with van der Waals surface area (Å²) >= 11 is 0. The molecule has 0 heterocycles. The van der Waals surface area contributed by atoms with Gasteiger partial charge in [-0.05, 0) is 49.4 Å². The summed E-state index contributed by atoms with van der Waals surface area (Å²) in [5, 5.41) is 26.6. The van der Waals surface area contributed by atoms with E-state index in [0.717, 1.165) is 0 Å². The second-order valence-electron chi connectivity index (χ2n) is 9.46. The minimum absolute atomic E-state index is 0.00145. The first-order valence-electron chi connectivity index (χ1n) is 12.5. The Morgan fingerprint density at radius 3 is 2.00 bits per heavy atom. The topological polar surface area (TPSA) is 240 Å². The number of phenolic OH excluding ortho intramolecular Hbond substituents is 1. The summed E-state index contributed by atoms with van der Waals surface area (Å²) in [4.78, 5) is 61.6. The van der Waals surface area contributed by atoms with Crippen molar-refractivity contribution >= 4 is 29.6 Å². The van der Waals surface area contributed by atoms with Gasteiger partial charge >= 0.3 is 5.97 Å². The zero-order valence-electron chi connectivity index (χ0n) is 21.8. The molecule has 1 aromatic carbocycles. The van der Waals surface area contributed by atoms with Crippen LogP contribution in [-0.4, -0.2) is 70.5 Å². The number of amides is 4. The standard InChI is InChI=1S/C25H40N6O7/c1-14(2)21(31-22(34)17(27)5-3-4-12-26)24(36)30-19(13-15-6-8-16(32)9-7-15)23(35)29-18(25(37)38)10-11-20(28)33/h6-9,14,17-19,21,32H,3-5,10-13,26-27H2,1-2H3,(H2,28,33)(H,29,35)(H,30,36)(H,31,34)(H,37,38). The Hall–Kier alpha value is -3.71. The zero-order chi connectivity index (χ0) is 28.8. The van der Waals surface area contributed by atoms with Gasteiger partial charge in [-0.3, -0.25) is 19.2 Å². The fourth-order valence-corrected chi connectivity index (χ4v) is 3.59. The molecule has 1 rings (SSSR count).